The lowest BCUT2D eigenvalue weighted by Gasteiger charge is -2.09. The Bertz CT molecular complexity index is 1490. The van der Waals surface area contributed by atoms with Crippen LogP contribution in [-0.4, -0.2) is 40.8 Å². The van der Waals surface area contributed by atoms with E-state index in [1.54, 1.807) is 50.1 Å². The van der Waals surface area contributed by atoms with Crippen molar-refractivity contribution >= 4 is 66.0 Å². The minimum Gasteiger partial charge on any atom is -0.497 e. The van der Waals surface area contributed by atoms with Gasteiger partial charge in [-0.2, -0.15) is 0 Å². The van der Waals surface area contributed by atoms with Crippen LogP contribution in [0.2, 0.25) is 0 Å². The predicted octanol–water partition coefficient (Wildman–Crippen LogP) is 5.45. The van der Waals surface area contributed by atoms with Crippen molar-refractivity contribution in [2.24, 2.45) is 0 Å². The van der Waals surface area contributed by atoms with Crippen molar-refractivity contribution < 1.29 is 14.3 Å². The summed E-state index contributed by atoms with van der Waals surface area (Å²) in [6.45, 7) is 2.06. The summed E-state index contributed by atoms with van der Waals surface area (Å²) < 4.78 is 11.5. The number of nitrogens with zero attached hydrogens (tertiary/aromatic N) is 3. The van der Waals surface area contributed by atoms with Gasteiger partial charge in [0.05, 0.1) is 35.7 Å². The fraction of sp³-hybridized carbons (Fsp3) is 0.167. The number of carbonyl (C=O) groups is 1. The van der Waals surface area contributed by atoms with Crippen molar-refractivity contribution in [3.05, 3.63) is 54.4 Å². The molecule has 0 atom stereocenters. The minimum atomic E-state index is -0.150. The molecule has 0 saturated carbocycles. The van der Waals surface area contributed by atoms with Crippen LogP contribution in [0.5, 0.6) is 11.5 Å². The summed E-state index contributed by atoms with van der Waals surface area (Å²) in [4.78, 5) is 27.3. The number of rotatable bonds is 6. The number of ether oxygens (including phenoxy) is 2. The number of thioether (sulfide) groups is 1. The summed E-state index contributed by atoms with van der Waals surface area (Å²) in [5.41, 5.74) is 3.61. The van der Waals surface area contributed by atoms with Gasteiger partial charge in [0.1, 0.15) is 27.7 Å². The molecule has 0 spiro atoms. The van der Waals surface area contributed by atoms with Crippen molar-refractivity contribution in [1.29, 1.82) is 0 Å². The molecular weight excluding hydrogens is 456 g/mol. The minimum absolute atomic E-state index is 0.150. The topological polar surface area (TPSA) is 86.2 Å². The molecule has 9 heteroatoms. The van der Waals surface area contributed by atoms with Gasteiger partial charge in [-0.25, -0.2) is 15.0 Å². The first-order chi connectivity index (χ1) is 16.0. The first kappa shape index (κ1) is 21.4. The molecule has 7 nitrogen and oxygen atoms in total. The van der Waals surface area contributed by atoms with Gasteiger partial charge in [0.15, 0.2) is 0 Å². The SMILES string of the molecule is COc1cc(NC(=O)CSc2ncnc3c2sc2nc4cc(C)ccc4cc23)cc(OC)c1. The molecule has 2 aromatic carbocycles. The number of pyridine rings is 1. The second kappa shape index (κ2) is 8.84. The molecule has 1 N–H and O–H groups in total. The number of carbonyl (C=O) groups excluding carboxylic acids is 1. The van der Waals surface area contributed by atoms with E-state index in [1.165, 1.54) is 17.3 Å². The molecule has 5 rings (SSSR count). The molecule has 0 fully saturated rings. The van der Waals surface area contributed by atoms with Crippen molar-refractivity contribution in [3.63, 3.8) is 0 Å². The Kier molecular flexibility index (Phi) is 5.74. The molecule has 0 radical (unpaired) electrons. The molecule has 3 heterocycles. The number of benzene rings is 2. The standard InChI is InChI=1S/C24H20N4O3S2/c1-13-4-5-14-7-18-21-22(33-23(18)28-19(14)6-13)24(26-12-25-21)32-11-20(29)27-15-8-16(30-2)10-17(9-15)31-3/h4-10,12H,11H2,1-3H3,(H,27,29). The molecule has 3 aromatic heterocycles. The van der Waals surface area contributed by atoms with Crippen LogP contribution in [0.15, 0.2) is 53.8 Å². The number of methoxy groups -OCH3 is 2. The van der Waals surface area contributed by atoms with Crippen LogP contribution < -0.4 is 14.8 Å². The highest BCUT2D eigenvalue weighted by Crippen LogP contribution is 2.37. The van der Waals surface area contributed by atoms with E-state index in [0.717, 1.165) is 36.4 Å². The highest BCUT2D eigenvalue weighted by molar-refractivity contribution is 8.00. The predicted molar refractivity (Wildman–Crippen MR) is 134 cm³/mol. The van der Waals surface area contributed by atoms with Gasteiger partial charge < -0.3 is 14.8 Å². The van der Waals surface area contributed by atoms with Crippen LogP contribution in [0.3, 0.4) is 0 Å². The summed E-state index contributed by atoms with van der Waals surface area (Å²) in [6, 6.07) is 13.6. The van der Waals surface area contributed by atoms with E-state index in [-0.39, 0.29) is 11.7 Å². The van der Waals surface area contributed by atoms with Crippen LogP contribution >= 0.6 is 23.1 Å². The van der Waals surface area contributed by atoms with Crippen LogP contribution in [0.4, 0.5) is 5.69 Å². The molecule has 0 saturated heterocycles. The Labute approximate surface area is 198 Å². The second-order valence-corrected chi connectivity index (χ2v) is 9.40. The molecule has 0 unspecified atom stereocenters. The van der Waals surface area contributed by atoms with Crippen molar-refractivity contribution in [1.82, 2.24) is 15.0 Å². The van der Waals surface area contributed by atoms with Gasteiger partial charge in [-0.05, 0) is 24.6 Å². The number of nitrogens with one attached hydrogen (secondary N) is 1. The fourth-order valence-corrected chi connectivity index (χ4v) is 5.55. The Morgan fingerprint density at radius 1 is 1.06 bits per heavy atom. The third-order valence-corrected chi connectivity index (χ3v) is 7.35. The number of aryl methyl sites for hydroxylation is 1. The van der Waals surface area contributed by atoms with E-state index in [2.05, 4.69) is 46.5 Å². The number of thiophene rings is 1. The average molecular weight is 477 g/mol. The second-order valence-electron chi connectivity index (χ2n) is 7.43. The lowest BCUT2D eigenvalue weighted by molar-refractivity contribution is -0.113. The van der Waals surface area contributed by atoms with E-state index in [4.69, 9.17) is 14.5 Å². The molecule has 0 aliphatic rings. The first-order valence-corrected chi connectivity index (χ1v) is 11.9. The van der Waals surface area contributed by atoms with Gasteiger partial charge in [-0.1, -0.05) is 23.9 Å². The molecule has 5 aromatic rings. The highest BCUT2D eigenvalue weighted by atomic mass is 32.2. The van der Waals surface area contributed by atoms with Gasteiger partial charge in [-0.15, -0.1) is 11.3 Å². The smallest absolute Gasteiger partial charge is 0.234 e. The van der Waals surface area contributed by atoms with Crippen LogP contribution in [-0.2, 0) is 4.79 Å². The average Bonchev–Trinajstić information content (AvgIpc) is 3.18. The summed E-state index contributed by atoms with van der Waals surface area (Å²) in [6.07, 6.45) is 1.54. The zero-order valence-electron chi connectivity index (χ0n) is 18.2. The maximum atomic E-state index is 12.6. The zero-order chi connectivity index (χ0) is 22.9. The molecular formula is C24H20N4O3S2. The summed E-state index contributed by atoms with van der Waals surface area (Å²) in [5, 5.41) is 5.74. The van der Waals surface area contributed by atoms with E-state index in [0.29, 0.717) is 17.2 Å². The number of fused-ring (bicyclic) bond motifs is 4. The van der Waals surface area contributed by atoms with Crippen LogP contribution in [0, 0.1) is 6.92 Å². The highest BCUT2D eigenvalue weighted by Gasteiger charge is 2.15. The van der Waals surface area contributed by atoms with E-state index < -0.39 is 0 Å². The maximum Gasteiger partial charge on any atom is 0.234 e. The molecule has 33 heavy (non-hydrogen) atoms. The third kappa shape index (κ3) is 4.29. The monoisotopic (exact) mass is 476 g/mol. The lowest BCUT2D eigenvalue weighted by atomic mass is 10.1. The van der Waals surface area contributed by atoms with Gasteiger partial charge in [0.25, 0.3) is 0 Å². The largest absolute Gasteiger partial charge is 0.497 e. The molecule has 166 valence electrons. The number of hydrogen-bond donors (Lipinski definition) is 1. The van der Waals surface area contributed by atoms with Crippen LogP contribution in [0.1, 0.15) is 5.56 Å². The number of anilines is 1. The third-order valence-electron chi connectivity index (χ3n) is 5.14. The van der Waals surface area contributed by atoms with Crippen molar-refractivity contribution in [3.8, 4) is 11.5 Å². The fourth-order valence-electron chi connectivity index (χ4n) is 3.56. The van der Waals surface area contributed by atoms with Gasteiger partial charge >= 0.3 is 0 Å². The van der Waals surface area contributed by atoms with Crippen molar-refractivity contribution in [2.45, 2.75) is 11.9 Å². The van der Waals surface area contributed by atoms with Gasteiger partial charge in [0, 0.05) is 34.7 Å². The molecule has 0 aliphatic carbocycles. The Morgan fingerprint density at radius 2 is 1.85 bits per heavy atom. The maximum absolute atomic E-state index is 12.6. The summed E-state index contributed by atoms with van der Waals surface area (Å²) in [5.74, 6) is 1.27. The Morgan fingerprint density at radius 3 is 2.61 bits per heavy atom. The zero-order valence-corrected chi connectivity index (χ0v) is 19.8. The normalized spacial score (nSPS) is 11.2. The van der Waals surface area contributed by atoms with Gasteiger partial charge in [0.2, 0.25) is 5.91 Å². The molecule has 0 bridgehead atoms. The van der Waals surface area contributed by atoms with Crippen LogP contribution in [0.25, 0.3) is 31.3 Å². The Hall–Kier alpha value is -3.43. The quantitative estimate of drug-likeness (QED) is 0.258. The summed E-state index contributed by atoms with van der Waals surface area (Å²) >= 11 is 2.93. The number of hydrogen-bond acceptors (Lipinski definition) is 8. The van der Waals surface area contributed by atoms with Gasteiger partial charge in [-0.3, -0.25) is 4.79 Å². The molecule has 1 amide bonds. The number of aromatic nitrogens is 3. The number of amides is 1. The van der Waals surface area contributed by atoms with E-state index >= 15 is 0 Å². The Balaban J connectivity index is 1.40. The van der Waals surface area contributed by atoms with Crippen molar-refractivity contribution in [2.75, 3.05) is 25.3 Å². The van der Waals surface area contributed by atoms with E-state index in [1.807, 2.05) is 0 Å². The first-order valence-electron chi connectivity index (χ1n) is 10.1. The summed E-state index contributed by atoms with van der Waals surface area (Å²) in [7, 11) is 3.14. The lowest BCUT2D eigenvalue weighted by Crippen LogP contribution is -2.14. The molecule has 0 aliphatic heterocycles. The van der Waals surface area contributed by atoms with E-state index in [9.17, 15) is 4.79 Å².